The van der Waals surface area contributed by atoms with Gasteiger partial charge in [0, 0.05) is 10.0 Å². The molecule has 1 fully saturated rings. The average Bonchev–Trinajstić information content (AvgIpc) is 2.45. The Morgan fingerprint density at radius 1 is 0.875 bits per heavy atom. The van der Waals surface area contributed by atoms with E-state index in [1.165, 1.54) is 11.1 Å². The van der Waals surface area contributed by atoms with Crippen LogP contribution >= 0.6 is 23.2 Å². The number of nitrogens with one attached hydrogen (secondary N) is 1. The second-order valence-corrected chi connectivity index (χ2v) is 8.18. The van der Waals surface area contributed by atoms with Gasteiger partial charge in [-0.2, -0.15) is 0 Å². The third-order valence-electron chi connectivity index (χ3n) is 5.15. The predicted octanol–water partition coefficient (Wildman–Crippen LogP) is 6.48. The van der Waals surface area contributed by atoms with Crippen LogP contribution in [0.2, 0.25) is 10.0 Å². The first-order valence-corrected chi connectivity index (χ1v) is 9.45. The number of benzene rings is 2. The van der Waals surface area contributed by atoms with Crippen molar-refractivity contribution in [2.75, 3.05) is 6.54 Å². The minimum Gasteiger partial charge on any atom is -0.304 e. The van der Waals surface area contributed by atoms with Crippen LogP contribution in [0.25, 0.3) is 0 Å². The van der Waals surface area contributed by atoms with Crippen LogP contribution in [0.5, 0.6) is 0 Å². The highest BCUT2D eigenvalue weighted by atomic mass is 35.5. The van der Waals surface area contributed by atoms with Crippen molar-refractivity contribution in [2.45, 2.75) is 51.5 Å². The fourth-order valence-corrected chi connectivity index (χ4v) is 4.49. The quantitative estimate of drug-likeness (QED) is 0.657. The van der Waals surface area contributed by atoms with Crippen LogP contribution in [0.3, 0.4) is 0 Å². The van der Waals surface area contributed by atoms with Gasteiger partial charge in [0.25, 0.3) is 0 Å². The van der Waals surface area contributed by atoms with Gasteiger partial charge in [0.15, 0.2) is 0 Å². The molecule has 0 aliphatic carbocycles. The molecular formula is C21H25Cl2N. The summed E-state index contributed by atoms with van der Waals surface area (Å²) in [4.78, 5) is 0. The Balaban J connectivity index is 2.05. The molecule has 1 unspecified atom stereocenters. The van der Waals surface area contributed by atoms with E-state index < -0.39 is 0 Å². The largest absolute Gasteiger partial charge is 0.304 e. The summed E-state index contributed by atoms with van der Waals surface area (Å²) in [7, 11) is 0. The first-order chi connectivity index (χ1) is 11.3. The molecule has 1 nitrogen and oxygen atoms in total. The standard InChI is InChI=1S/C21H25Cl2N/c1-13(2)15-5-7-16(8-6-15)21(9-10-24-21)17-11-18(22)20(14(3)4)19(23)12-17/h5-8,11-14,24H,9-10H2,1-4H3. The highest BCUT2D eigenvalue weighted by Crippen LogP contribution is 2.43. The smallest absolute Gasteiger partial charge is 0.0703 e. The lowest BCUT2D eigenvalue weighted by molar-refractivity contribution is 0.265. The Bertz CT molecular complexity index is 705. The summed E-state index contributed by atoms with van der Waals surface area (Å²) >= 11 is 13.1. The monoisotopic (exact) mass is 361 g/mol. The molecule has 1 N–H and O–H groups in total. The lowest BCUT2D eigenvalue weighted by Gasteiger charge is -2.45. The zero-order valence-electron chi connectivity index (χ0n) is 14.8. The van der Waals surface area contributed by atoms with Crippen LogP contribution in [0.15, 0.2) is 36.4 Å². The lowest BCUT2D eigenvalue weighted by Crippen LogP contribution is -2.54. The van der Waals surface area contributed by atoms with E-state index in [-0.39, 0.29) is 5.54 Å². The Morgan fingerprint density at radius 2 is 1.42 bits per heavy atom. The Morgan fingerprint density at radius 3 is 1.79 bits per heavy atom. The maximum absolute atomic E-state index is 6.56. The molecule has 0 amide bonds. The molecule has 0 bridgehead atoms. The van der Waals surface area contributed by atoms with Crippen molar-refractivity contribution < 1.29 is 0 Å². The topological polar surface area (TPSA) is 12.0 Å². The molecule has 0 saturated carbocycles. The van der Waals surface area contributed by atoms with Crippen LogP contribution in [0, 0.1) is 0 Å². The second-order valence-electron chi connectivity index (χ2n) is 7.37. The molecule has 1 aliphatic rings. The summed E-state index contributed by atoms with van der Waals surface area (Å²) in [6, 6.07) is 13.1. The fraction of sp³-hybridized carbons (Fsp3) is 0.429. The van der Waals surface area contributed by atoms with Crippen molar-refractivity contribution in [2.24, 2.45) is 0 Å². The summed E-state index contributed by atoms with van der Waals surface area (Å²) in [6.45, 7) is 9.68. The van der Waals surface area contributed by atoms with E-state index in [1.807, 2.05) is 0 Å². The van der Waals surface area contributed by atoms with Crippen LogP contribution in [0.4, 0.5) is 0 Å². The van der Waals surface area contributed by atoms with Crippen molar-refractivity contribution in [3.63, 3.8) is 0 Å². The summed E-state index contributed by atoms with van der Waals surface area (Å²) < 4.78 is 0. The van der Waals surface area contributed by atoms with Gasteiger partial charge in [0.05, 0.1) is 5.54 Å². The summed E-state index contributed by atoms with van der Waals surface area (Å²) in [5.41, 5.74) is 4.66. The van der Waals surface area contributed by atoms with Gasteiger partial charge >= 0.3 is 0 Å². The van der Waals surface area contributed by atoms with Gasteiger partial charge in [-0.25, -0.2) is 0 Å². The van der Waals surface area contributed by atoms with Gasteiger partial charge in [0.1, 0.15) is 0 Å². The average molecular weight is 362 g/mol. The van der Waals surface area contributed by atoms with Crippen LogP contribution in [-0.2, 0) is 5.54 Å². The fourth-order valence-electron chi connectivity index (χ4n) is 3.57. The molecule has 3 heteroatoms. The molecule has 2 aromatic carbocycles. The van der Waals surface area contributed by atoms with Gasteiger partial charge in [-0.3, -0.25) is 0 Å². The second kappa shape index (κ2) is 6.71. The van der Waals surface area contributed by atoms with E-state index >= 15 is 0 Å². The van der Waals surface area contributed by atoms with Gasteiger partial charge in [-0.1, -0.05) is 75.2 Å². The maximum Gasteiger partial charge on any atom is 0.0703 e. The number of hydrogen-bond acceptors (Lipinski definition) is 1. The van der Waals surface area contributed by atoms with E-state index in [4.69, 9.17) is 23.2 Å². The molecule has 0 radical (unpaired) electrons. The summed E-state index contributed by atoms with van der Waals surface area (Å²) in [6.07, 6.45) is 1.06. The highest BCUT2D eigenvalue weighted by Gasteiger charge is 2.40. The summed E-state index contributed by atoms with van der Waals surface area (Å²) in [5, 5.41) is 5.15. The number of hydrogen-bond donors (Lipinski definition) is 1. The van der Waals surface area contributed by atoms with Crippen molar-refractivity contribution in [1.29, 1.82) is 0 Å². The van der Waals surface area contributed by atoms with E-state index in [2.05, 4.69) is 69.4 Å². The van der Waals surface area contributed by atoms with E-state index in [0.717, 1.165) is 34.1 Å². The van der Waals surface area contributed by atoms with Crippen LogP contribution < -0.4 is 5.32 Å². The minimum absolute atomic E-state index is 0.168. The van der Waals surface area contributed by atoms with Crippen molar-refractivity contribution in [3.8, 4) is 0 Å². The molecule has 3 rings (SSSR count). The third kappa shape index (κ3) is 2.98. The minimum atomic E-state index is -0.168. The molecule has 128 valence electrons. The first kappa shape index (κ1) is 17.8. The lowest BCUT2D eigenvalue weighted by atomic mass is 9.74. The maximum atomic E-state index is 6.56. The SMILES string of the molecule is CC(C)c1ccc(C2(c3cc(Cl)c(C(C)C)c(Cl)c3)CCN2)cc1. The molecule has 1 saturated heterocycles. The predicted molar refractivity (Wildman–Crippen MR) is 104 cm³/mol. The molecule has 0 spiro atoms. The Kier molecular flexibility index (Phi) is 4.97. The van der Waals surface area contributed by atoms with Crippen LogP contribution in [-0.4, -0.2) is 6.54 Å². The molecular weight excluding hydrogens is 337 g/mol. The zero-order chi connectivity index (χ0) is 17.5. The van der Waals surface area contributed by atoms with Crippen molar-refractivity contribution in [1.82, 2.24) is 5.32 Å². The summed E-state index contributed by atoms with van der Waals surface area (Å²) in [5.74, 6) is 0.855. The first-order valence-electron chi connectivity index (χ1n) is 8.70. The van der Waals surface area contributed by atoms with Gasteiger partial charge in [0.2, 0.25) is 0 Å². The third-order valence-corrected chi connectivity index (χ3v) is 5.77. The van der Waals surface area contributed by atoms with E-state index in [9.17, 15) is 0 Å². The Hall–Kier alpha value is -1.02. The van der Waals surface area contributed by atoms with E-state index in [1.54, 1.807) is 0 Å². The number of halogens is 2. The molecule has 24 heavy (non-hydrogen) atoms. The molecule has 1 aliphatic heterocycles. The van der Waals surface area contributed by atoms with Gasteiger partial charge < -0.3 is 5.32 Å². The molecule has 0 aromatic heterocycles. The molecule has 2 aromatic rings. The normalized spacial score (nSPS) is 20.5. The van der Waals surface area contributed by atoms with Crippen molar-refractivity contribution >= 4 is 23.2 Å². The Labute approximate surface area is 155 Å². The zero-order valence-corrected chi connectivity index (χ0v) is 16.3. The highest BCUT2D eigenvalue weighted by molar-refractivity contribution is 6.36. The van der Waals surface area contributed by atoms with Gasteiger partial charge in [-0.05, 0) is 59.2 Å². The van der Waals surface area contributed by atoms with Crippen molar-refractivity contribution in [3.05, 3.63) is 68.7 Å². The van der Waals surface area contributed by atoms with E-state index in [0.29, 0.717) is 11.8 Å². The molecule has 1 atom stereocenters. The molecule has 1 heterocycles. The number of rotatable bonds is 4. The van der Waals surface area contributed by atoms with Gasteiger partial charge in [-0.15, -0.1) is 0 Å². The van der Waals surface area contributed by atoms with Crippen LogP contribution in [0.1, 0.15) is 68.2 Å².